The third-order valence-corrected chi connectivity index (χ3v) is 3.65. The lowest BCUT2D eigenvalue weighted by atomic mass is 9.99. The Morgan fingerprint density at radius 3 is 2.73 bits per heavy atom. The minimum Gasteiger partial charge on any atom is -0.370 e. The first kappa shape index (κ1) is 11.0. The summed E-state index contributed by atoms with van der Waals surface area (Å²) in [6, 6.07) is 1.98. The average molecular weight is 245 g/mol. The molecule has 0 aliphatic carbocycles. The zero-order valence-electron chi connectivity index (χ0n) is 8.50. The van der Waals surface area contributed by atoms with Gasteiger partial charge in [-0.3, -0.25) is 4.98 Å². The minimum atomic E-state index is 0.670. The molecule has 2 nitrogen and oxygen atoms in total. The number of halogens is 2. The molecule has 82 valence electrons. The van der Waals surface area contributed by atoms with Crippen molar-refractivity contribution < 1.29 is 0 Å². The maximum atomic E-state index is 6.10. The molecular weight excluding hydrogens is 231 g/mol. The second kappa shape index (κ2) is 5.04. The Balaban J connectivity index is 2.04. The van der Waals surface area contributed by atoms with E-state index in [1.807, 2.05) is 6.07 Å². The fraction of sp³-hybridized carbons (Fsp3) is 0.545. The number of alkyl halides is 1. The SMILES string of the molecule is ClCC1CCN(c2ccncc2Cl)CC1. The molecule has 1 aromatic rings. The van der Waals surface area contributed by atoms with Gasteiger partial charge in [-0.25, -0.2) is 0 Å². The lowest BCUT2D eigenvalue weighted by Gasteiger charge is -2.33. The van der Waals surface area contributed by atoms with E-state index in [1.165, 1.54) is 0 Å². The van der Waals surface area contributed by atoms with E-state index < -0.39 is 0 Å². The van der Waals surface area contributed by atoms with Crippen LogP contribution in [0.2, 0.25) is 5.02 Å². The summed E-state index contributed by atoms with van der Waals surface area (Å²) in [7, 11) is 0. The van der Waals surface area contributed by atoms with Gasteiger partial charge in [-0.05, 0) is 24.8 Å². The van der Waals surface area contributed by atoms with Crippen molar-refractivity contribution in [3.05, 3.63) is 23.5 Å². The van der Waals surface area contributed by atoms with Crippen LogP contribution in [-0.2, 0) is 0 Å². The van der Waals surface area contributed by atoms with Crippen LogP contribution in [0.1, 0.15) is 12.8 Å². The molecule has 2 rings (SSSR count). The summed E-state index contributed by atoms with van der Waals surface area (Å²) in [5.41, 5.74) is 1.10. The number of piperidine rings is 1. The van der Waals surface area contributed by atoms with Crippen molar-refractivity contribution in [1.82, 2.24) is 4.98 Å². The fourth-order valence-corrected chi connectivity index (χ4v) is 2.50. The molecule has 15 heavy (non-hydrogen) atoms. The first-order valence-electron chi connectivity index (χ1n) is 5.21. The molecule has 0 bridgehead atoms. The van der Waals surface area contributed by atoms with Crippen LogP contribution in [0, 0.1) is 5.92 Å². The van der Waals surface area contributed by atoms with Crippen LogP contribution >= 0.6 is 23.2 Å². The Bertz CT molecular complexity index is 322. The predicted molar refractivity (Wildman–Crippen MR) is 64.9 cm³/mol. The third kappa shape index (κ3) is 2.56. The topological polar surface area (TPSA) is 16.1 Å². The van der Waals surface area contributed by atoms with Crippen molar-refractivity contribution >= 4 is 28.9 Å². The van der Waals surface area contributed by atoms with E-state index in [0.29, 0.717) is 5.92 Å². The van der Waals surface area contributed by atoms with Gasteiger partial charge in [0.25, 0.3) is 0 Å². The highest BCUT2D eigenvalue weighted by Crippen LogP contribution is 2.28. The highest BCUT2D eigenvalue weighted by atomic mass is 35.5. The Morgan fingerprint density at radius 1 is 1.40 bits per heavy atom. The summed E-state index contributed by atoms with van der Waals surface area (Å²) in [4.78, 5) is 6.30. The number of anilines is 1. The Morgan fingerprint density at radius 2 is 2.13 bits per heavy atom. The van der Waals surface area contributed by atoms with Crippen molar-refractivity contribution in [3.63, 3.8) is 0 Å². The number of aromatic nitrogens is 1. The Hall–Kier alpha value is -0.470. The molecule has 0 radical (unpaired) electrons. The second-order valence-electron chi connectivity index (χ2n) is 3.91. The lowest BCUT2D eigenvalue weighted by molar-refractivity contribution is 0.443. The normalized spacial score (nSPS) is 18.1. The molecule has 2 heterocycles. The van der Waals surface area contributed by atoms with Crippen LogP contribution < -0.4 is 4.90 Å². The predicted octanol–water partition coefficient (Wildman–Crippen LogP) is 3.19. The molecule has 0 aromatic carbocycles. The Labute approximate surface area is 100 Å². The van der Waals surface area contributed by atoms with Gasteiger partial charge in [0.05, 0.1) is 10.7 Å². The molecule has 0 saturated carbocycles. The van der Waals surface area contributed by atoms with Gasteiger partial charge in [-0.1, -0.05) is 11.6 Å². The molecule has 0 spiro atoms. The molecule has 0 unspecified atom stereocenters. The van der Waals surface area contributed by atoms with E-state index >= 15 is 0 Å². The molecule has 0 N–H and O–H groups in total. The summed E-state index contributed by atoms with van der Waals surface area (Å²) < 4.78 is 0. The van der Waals surface area contributed by atoms with E-state index in [-0.39, 0.29) is 0 Å². The number of hydrogen-bond acceptors (Lipinski definition) is 2. The number of pyridine rings is 1. The van der Waals surface area contributed by atoms with Gasteiger partial charge < -0.3 is 4.90 Å². The van der Waals surface area contributed by atoms with Crippen LogP contribution in [0.25, 0.3) is 0 Å². The van der Waals surface area contributed by atoms with Crippen molar-refractivity contribution in [2.24, 2.45) is 5.92 Å². The molecule has 1 fully saturated rings. The van der Waals surface area contributed by atoms with Gasteiger partial charge in [0.2, 0.25) is 0 Å². The molecule has 1 aliphatic heterocycles. The average Bonchev–Trinajstić information content (AvgIpc) is 2.30. The second-order valence-corrected chi connectivity index (χ2v) is 4.63. The van der Waals surface area contributed by atoms with Gasteiger partial charge in [0, 0.05) is 31.4 Å². The monoisotopic (exact) mass is 244 g/mol. The molecule has 0 atom stereocenters. The summed E-state index contributed by atoms with van der Waals surface area (Å²) in [5.74, 6) is 1.45. The smallest absolute Gasteiger partial charge is 0.0822 e. The molecule has 1 aliphatic rings. The van der Waals surface area contributed by atoms with Gasteiger partial charge >= 0.3 is 0 Å². The lowest BCUT2D eigenvalue weighted by Crippen LogP contribution is -2.34. The molecule has 1 saturated heterocycles. The fourth-order valence-electron chi connectivity index (χ4n) is 1.95. The van der Waals surface area contributed by atoms with E-state index in [1.54, 1.807) is 12.4 Å². The largest absolute Gasteiger partial charge is 0.370 e. The Kier molecular flexibility index (Phi) is 3.71. The molecular formula is C11H14Cl2N2. The number of rotatable bonds is 2. The quantitative estimate of drug-likeness (QED) is 0.744. The first-order valence-corrected chi connectivity index (χ1v) is 6.13. The highest BCUT2D eigenvalue weighted by molar-refractivity contribution is 6.33. The maximum Gasteiger partial charge on any atom is 0.0822 e. The van der Waals surface area contributed by atoms with E-state index in [4.69, 9.17) is 23.2 Å². The number of nitrogens with zero attached hydrogens (tertiary/aromatic N) is 2. The summed E-state index contributed by atoms with van der Waals surface area (Å²) in [6.07, 6.45) is 5.80. The molecule has 4 heteroatoms. The van der Waals surface area contributed by atoms with Crippen LogP contribution in [0.5, 0.6) is 0 Å². The zero-order chi connectivity index (χ0) is 10.7. The summed E-state index contributed by atoms with van der Waals surface area (Å²) in [5, 5.41) is 0.738. The van der Waals surface area contributed by atoms with Crippen molar-refractivity contribution in [3.8, 4) is 0 Å². The van der Waals surface area contributed by atoms with Gasteiger partial charge in [-0.2, -0.15) is 0 Å². The van der Waals surface area contributed by atoms with Gasteiger partial charge in [0.15, 0.2) is 0 Å². The van der Waals surface area contributed by atoms with Crippen molar-refractivity contribution in [2.45, 2.75) is 12.8 Å². The van der Waals surface area contributed by atoms with Crippen LogP contribution in [-0.4, -0.2) is 24.0 Å². The highest BCUT2D eigenvalue weighted by Gasteiger charge is 2.19. The number of hydrogen-bond donors (Lipinski definition) is 0. The maximum absolute atomic E-state index is 6.10. The zero-order valence-corrected chi connectivity index (χ0v) is 10.0. The standard InChI is InChI=1S/C11H14Cl2N2/c12-7-9-2-5-15(6-3-9)11-1-4-14-8-10(11)13/h1,4,8-9H,2-3,5-7H2. The van der Waals surface area contributed by atoms with Crippen LogP contribution in [0.3, 0.4) is 0 Å². The van der Waals surface area contributed by atoms with Gasteiger partial charge in [0.1, 0.15) is 0 Å². The van der Waals surface area contributed by atoms with Crippen molar-refractivity contribution in [1.29, 1.82) is 0 Å². The molecule has 0 amide bonds. The van der Waals surface area contributed by atoms with Crippen molar-refractivity contribution in [2.75, 3.05) is 23.9 Å². The minimum absolute atomic E-state index is 0.670. The van der Waals surface area contributed by atoms with Crippen LogP contribution in [0.4, 0.5) is 5.69 Å². The van der Waals surface area contributed by atoms with E-state index in [9.17, 15) is 0 Å². The third-order valence-electron chi connectivity index (χ3n) is 2.92. The van der Waals surface area contributed by atoms with Crippen LogP contribution in [0.15, 0.2) is 18.5 Å². The van der Waals surface area contributed by atoms with E-state index in [2.05, 4.69) is 9.88 Å². The summed E-state index contributed by atoms with van der Waals surface area (Å²) in [6.45, 7) is 2.09. The van der Waals surface area contributed by atoms with E-state index in [0.717, 1.165) is 42.5 Å². The first-order chi connectivity index (χ1) is 7.31. The van der Waals surface area contributed by atoms with Gasteiger partial charge in [-0.15, -0.1) is 11.6 Å². The molecule has 1 aromatic heterocycles. The summed E-state index contributed by atoms with van der Waals surface area (Å²) >= 11 is 11.9.